The summed E-state index contributed by atoms with van der Waals surface area (Å²) in [6.45, 7) is 0. The first-order valence-electron chi connectivity index (χ1n) is 8.55. The zero-order valence-electron chi connectivity index (χ0n) is 13.5. The summed E-state index contributed by atoms with van der Waals surface area (Å²) in [5, 5.41) is 9.92. The average molecular weight is 318 g/mol. The van der Waals surface area contributed by atoms with Gasteiger partial charge in [-0.05, 0) is 39.1 Å². The first-order chi connectivity index (χ1) is 12.4. The van der Waals surface area contributed by atoms with E-state index in [1.807, 2.05) is 12.1 Å². The van der Waals surface area contributed by atoms with Crippen LogP contribution < -0.4 is 0 Å². The second-order valence-corrected chi connectivity index (χ2v) is 6.55. The van der Waals surface area contributed by atoms with Gasteiger partial charge in [-0.25, -0.2) is 0 Å². The van der Waals surface area contributed by atoms with Crippen LogP contribution in [-0.4, -0.2) is 0 Å². The van der Waals surface area contributed by atoms with Gasteiger partial charge in [0.15, 0.2) is 0 Å². The van der Waals surface area contributed by atoms with Gasteiger partial charge >= 0.3 is 0 Å². The molecule has 0 radical (unpaired) electrons. The van der Waals surface area contributed by atoms with Crippen molar-refractivity contribution in [3.8, 4) is 0 Å². The monoisotopic (exact) mass is 318 g/mol. The SMILES string of the molecule is c1ccc2c(c1)oc1c2ccc2c3ccccc3c3ccccc3c21. The highest BCUT2D eigenvalue weighted by atomic mass is 16.3. The smallest absolute Gasteiger partial charge is 0.143 e. The molecule has 1 heteroatoms. The molecule has 0 fully saturated rings. The van der Waals surface area contributed by atoms with E-state index in [-0.39, 0.29) is 0 Å². The number of fused-ring (bicyclic) bond motifs is 10. The summed E-state index contributed by atoms with van der Waals surface area (Å²) >= 11 is 0. The lowest BCUT2D eigenvalue weighted by atomic mass is 9.93. The van der Waals surface area contributed by atoms with Crippen LogP contribution in [0, 0.1) is 0 Å². The van der Waals surface area contributed by atoms with Crippen molar-refractivity contribution in [1.82, 2.24) is 0 Å². The Labute approximate surface area is 144 Å². The van der Waals surface area contributed by atoms with Crippen LogP contribution in [-0.2, 0) is 0 Å². The van der Waals surface area contributed by atoms with Crippen molar-refractivity contribution in [3.05, 3.63) is 84.9 Å². The number of hydrogen-bond donors (Lipinski definition) is 0. The molecule has 0 saturated heterocycles. The number of rotatable bonds is 0. The maximum atomic E-state index is 6.32. The molecule has 25 heavy (non-hydrogen) atoms. The predicted octanol–water partition coefficient (Wildman–Crippen LogP) is 7.05. The summed E-state index contributed by atoms with van der Waals surface area (Å²) in [6, 6.07) is 30.0. The molecule has 1 nitrogen and oxygen atoms in total. The Morgan fingerprint density at radius 1 is 0.400 bits per heavy atom. The van der Waals surface area contributed by atoms with E-state index in [4.69, 9.17) is 4.42 Å². The van der Waals surface area contributed by atoms with Crippen LogP contribution in [0.15, 0.2) is 89.3 Å². The van der Waals surface area contributed by atoms with E-state index in [1.165, 1.54) is 43.1 Å². The quantitative estimate of drug-likeness (QED) is 0.274. The summed E-state index contributed by atoms with van der Waals surface area (Å²) in [5.41, 5.74) is 1.93. The predicted molar refractivity (Wildman–Crippen MR) is 106 cm³/mol. The lowest BCUT2D eigenvalue weighted by molar-refractivity contribution is 0.673. The summed E-state index contributed by atoms with van der Waals surface area (Å²) in [6.07, 6.45) is 0. The van der Waals surface area contributed by atoms with Gasteiger partial charge < -0.3 is 4.42 Å². The first kappa shape index (κ1) is 13.0. The maximum Gasteiger partial charge on any atom is 0.143 e. The molecular weight excluding hydrogens is 304 g/mol. The molecule has 0 amide bonds. The van der Waals surface area contributed by atoms with Crippen LogP contribution in [0.5, 0.6) is 0 Å². The standard InChI is InChI=1S/C24H14O/c1-2-9-17-15(7-1)16-8-3-4-11-19(16)23-20(17)13-14-21-18-10-5-6-12-22(18)25-24(21)23/h1-14H. The minimum absolute atomic E-state index is 0.947. The Morgan fingerprint density at radius 2 is 0.880 bits per heavy atom. The van der Waals surface area contributed by atoms with Gasteiger partial charge in [0.2, 0.25) is 0 Å². The molecule has 0 N–H and O–H groups in total. The number of para-hydroxylation sites is 1. The van der Waals surface area contributed by atoms with E-state index in [0.717, 1.165) is 11.2 Å². The van der Waals surface area contributed by atoms with E-state index in [2.05, 4.69) is 72.8 Å². The van der Waals surface area contributed by atoms with Crippen molar-refractivity contribution in [2.24, 2.45) is 0 Å². The van der Waals surface area contributed by atoms with Crippen molar-refractivity contribution in [1.29, 1.82) is 0 Å². The topological polar surface area (TPSA) is 13.1 Å². The Morgan fingerprint density at radius 3 is 1.60 bits per heavy atom. The fourth-order valence-electron chi connectivity index (χ4n) is 4.17. The molecule has 1 heterocycles. The normalized spacial score (nSPS) is 12.0. The molecule has 0 aliphatic carbocycles. The zero-order chi connectivity index (χ0) is 16.4. The molecule has 0 saturated carbocycles. The van der Waals surface area contributed by atoms with Crippen LogP contribution in [0.4, 0.5) is 0 Å². The van der Waals surface area contributed by atoms with Crippen LogP contribution in [0.25, 0.3) is 54.3 Å². The molecule has 116 valence electrons. The number of furan rings is 1. The van der Waals surface area contributed by atoms with Gasteiger partial charge in [0.25, 0.3) is 0 Å². The minimum Gasteiger partial charge on any atom is -0.455 e. The van der Waals surface area contributed by atoms with Gasteiger partial charge in [0, 0.05) is 16.2 Å². The van der Waals surface area contributed by atoms with Gasteiger partial charge in [-0.2, -0.15) is 0 Å². The molecule has 0 atom stereocenters. The fourth-order valence-corrected chi connectivity index (χ4v) is 4.17. The van der Waals surface area contributed by atoms with Crippen LogP contribution >= 0.6 is 0 Å². The highest BCUT2D eigenvalue weighted by Gasteiger charge is 2.15. The Bertz CT molecular complexity index is 1400. The Balaban J connectivity index is 2.02. The highest BCUT2D eigenvalue weighted by molar-refractivity contribution is 6.32. The van der Waals surface area contributed by atoms with Gasteiger partial charge in [-0.15, -0.1) is 0 Å². The first-order valence-corrected chi connectivity index (χ1v) is 8.55. The molecular formula is C24H14O. The van der Waals surface area contributed by atoms with E-state index >= 15 is 0 Å². The highest BCUT2D eigenvalue weighted by Crippen LogP contribution is 2.41. The molecule has 6 rings (SSSR count). The molecule has 0 bridgehead atoms. The molecule has 0 aliphatic rings. The molecule has 0 spiro atoms. The van der Waals surface area contributed by atoms with Crippen molar-refractivity contribution in [2.75, 3.05) is 0 Å². The Kier molecular flexibility index (Phi) is 2.40. The second kappa shape index (κ2) is 4.61. The van der Waals surface area contributed by atoms with Crippen LogP contribution in [0.2, 0.25) is 0 Å². The van der Waals surface area contributed by atoms with Crippen LogP contribution in [0.1, 0.15) is 0 Å². The molecule has 0 unspecified atom stereocenters. The third-order valence-electron chi connectivity index (χ3n) is 5.25. The summed E-state index contributed by atoms with van der Waals surface area (Å²) in [4.78, 5) is 0. The Hall–Kier alpha value is -3.32. The van der Waals surface area contributed by atoms with Gasteiger partial charge in [0.1, 0.15) is 11.2 Å². The third-order valence-corrected chi connectivity index (χ3v) is 5.25. The fraction of sp³-hybridized carbons (Fsp3) is 0. The molecule has 5 aromatic carbocycles. The van der Waals surface area contributed by atoms with Gasteiger partial charge in [0.05, 0.1) is 0 Å². The van der Waals surface area contributed by atoms with Crippen molar-refractivity contribution < 1.29 is 4.42 Å². The van der Waals surface area contributed by atoms with E-state index in [1.54, 1.807) is 0 Å². The van der Waals surface area contributed by atoms with Crippen LogP contribution in [0.3, 0.4) is 0 Å². The average Bonchev–Trinajstić information content (AvgIpc) is 3.06. The lowest BCUT2D eigenvalue weighted by Crippen LogP contribution is -1.83. The van der Waals surface area contributed by atoms with Gasteiger partial charge in [-0.1, -0.05) is 72.8 Å². The second-order valence-electron chi connectivity index (χ2n) is 6.55. The number of hydrogen-bond acceptors (Lipinski definition) is 1. The van der Waals surface area contributed by atoms with Crippen molar-refractivity contribution in [2.45, 2.75) is 0 Å². The molecule has 0 aliphatic heterocycles. The molecule has 1 aromatic heterocycles. The summed E-state index contributed by atoms with van der Waals surface area (Å²) in [5.74, 6) is 0. The van der Waals surface area contributed by atoms with E-state index in [0.29, 0.717) is 0 Å². The summed E-state index contributed by atoms with van der Waals surface area (Å²) in [7, 11) is 0. The number of benzene rings is 5. The van der Waals surface area contributed by atoms with E-state index in [9.17, 15) is 0 Å². The molecule has 6 aromatic rings. The largest absolute Gasteiger partial charge is 0.455 e. The minimum atomic E-state index is 0.947. The van der Waals surface area contributed by atoms with Gasteiger partial charge in [-0.3, -0.25) is 0 Å². The third kappa shape index (κ3) is 1.62. The maximum absolute atomic E-state index is 6.32. The lowest BCUT2D eigenvalue weighted by Gasteiger charge is -2.10. The zero-order valence-corrected chi connectivity index (χ0v) is 13.5. The van der Waals surface area contributed by atoms with Crippen molar-refractivity contribution in [3.63, 3.8) is 0 Å². The van der Waals surface area contributed by atoms with E-state index < -0.39 is 0 Å². The van der Waals surface area contributed by atoms with Crippen molar-refractivity contribution >= 4 is 54.3 Å². The summed E-state index contributed by atoms with van der Waals surface area (Å²) < 4.78 is 6.32.